The van der Waals surface area contributed by atoms with Crippen LogP contribution in [-0.2, 0) is 7.05 Å². The second kappa shape index (κ2) is 4.44. The van der Waals surface area contributed by atoms with Crippen LogP contribution in [-0.4, -0.2) is 33.7 Å². The van der Waals surface area contributed by atoms with Gasteiger partial charge < -0.3 is 4.90 Å². The highest BCUT2D eigenvalue weighted by Crippen LogP contribution is 2.20. The summed E-state index contributed by atoms with van der Waals surface area (Å²) >= 11 is 0. The lowest BCUT2D eigenvalue weighted by Crippen LogP contribution is -2.35. The number of aromatic nitrogens is 2. The van der Waals surface area contributed by atoms with Crippen LogP contribution in [0.4, 0.5) is 0 Å². The zero-order valence-electron chi connectivity index (χ0n) is 10.6. The third-order valence-electron chi connectivity index (χ3n) is 3.60. The zero-order valence-corrected chi connectivity index (χ0v) is 10.6. The molecule has 0 atom stereocenters. The van der Waals surface area contributed by atoms with E-state index in [0.29, 0.717) is 5.69 Å². The predicted octanol–water partition coefficient (Wildman–Crippen LogP) is 2.20. The third-order valence-corrected chi connectivity index (χ3v) is 3.60. The molecule has 4 heteroatoms. The highest BCUT2D eigenvalue weighted by atomic mass is 16.2. The average Bonchev–Trinajstić information content (AvgIpc) is 2.77. The van der Waals surface area contributed by atoms with E-state index in [4.69, 9.17) is 0 Å². The Hall–Kier alpha value is -1.84. The summed E-state index contributed by atoms with van der Waals surface area (Å²) < 4.78 is 1.78. The lowest BCUT2D eigenvalue weighted by Gasteiger charge is -2.25. The van der Waals surface area contributed by atoms with E-state index in [1.165, 1.54) is 6.42 Å². The monoisotopic (exact) mass is 243 g/mol. The molecule has 2 aromatic rings. The molecule has 0 unspecified atom stereocenters. The molecular weight excluding hydrogens is 226 g/mol. The molecule has 1 fully saturated rings. The second-order valence-corrected chi connectivity index (χ2v) is 4.84. The van der Waals surface area contributed by atoms with Crippen LogP contribution in [0.1, 0.15) is 29.8 Å². The molecule has 0 saturated carbocycles. The number of piperidine rings is 1. The smallest absolute Gasteiger partial charge is 0.274 e. The number of nitrogens with zero attached hydrogens (tertiary/aromatic N) is 3. The van der Waals surface area contributed by atoms with Crippen LogP contribution in [0.2, 0.25) is 0 Å². The molecular formula is C14H17N3O. The molecule has 2 heterocycles. The fraction of sp³-hybridized carbons (Fsp3) is 0.429. The standard InChI is InChI=1S/C14H17N3O/c1-16-12-8-4-3-7-11(12)13(15-16)14(18)17-9-5-2-6-10-17/h3-4,7-8H,2,5-6,9-10H2,1H3. The summed E-state index contributed by atoms with van der Waals surface area (Å²) in [5, 5.41) is 5.34. The number of benzene rings is 1. The zero-order chi connectivity index (χ0) is 12.5. The van der Waals surface area contributed by atoms with Gasteiger partial charge in [0, 0.05) is 25.5 Å². The molecule has 1 saturated heterocycles. The molecule has 1 amide bonds. The van der Waals surface area contributed by atoms with E-state index >= 15 is 0 Å². The number of carbonyl (C=O) groups excluding carboxylic acids is 1. The van der Waals surface area contributed by atoms with Crippen LogP contribution < -0.4 is 0 Å². The van der Waals surface area contributed by atoms with Crippen LogP contribution >= 0.6 is 0 Å². The van der Waals surface area contributed by atoms with Crippen molar-refractivity contribution in [3.05, 3.63) is 30.0 Å². The van der Waals surface area contributed by atoms with E-state index in [9.17, 15) is 4.79 Å². The summed E-state index contributed by atoms with van der Waals surface area (Å²) in [6.45, 7) is 1.73. The van der Waals surface area contributed by atoms with Gasteiger partial charge in [-0.2, -0.15) is 5.10 Å². The molecule has 0 bridgehead atoms. The molecule has 1 aliphatic heterocycles. The van der Waals surface area contributed by atoms with E-state index in [2.05, 4.69) is 5.10 Å². The van der Waals surface area contributed by atoms with E-state index in [-0.39, 0.29) is 5.91 Å². The van der Waals surface area contributed by atoms with Gasteiger partial charge in [-0.1, -0.05) is 18.2 Å². The number of fused-ring (bicyclic) bond motifs is 1. The molecule has 0 aliphatic carbocycles. The Morgan fingerprint density at radius 3 is 2.67 bits per heavy atom. The van der Waals surface area contributed by atoms with Gasteiger partial charge in [0.25, 0.3) is 5.91 Å². The van der Waals surface area contributed by atoms with Crippen molar-refractivity contribution in [1.29, 1.82) is 0 Å². The van der Waals surface area contributed by atoms with Crippen LogP contribution in [0.5, 0.6) is 0 Å². The fourth-order valence-corrected chi connectivity index (χ4v) is 2.62. The van der Waals surface area contributed by atoms with Crippen molar-refractivity contribution < 1.29 is 4.79 Å². The summed E-state index contributed by atoms with van der Waals surface area (Å²) in [4.78, 5) is 14.4. The largest absolute Gasteiger partial charge is 0.337 e. The second-order valence-electron chi connectivity index (χ2n) is 4.84. The van der Waals surface area contributed by atoms with Gasteiger partial charge in [-0.05, 0) is 25.3 Å². The van der Waals surface area contributed by atoms with Gasteiger partial charge in [0.1, 0.15) is 0 Å². The number of amides is 1. The molecule has 0 N–H and O–H groups in total. The van der Waals surface area contributed by atoms with E-state index in [1.54, 1.807) is 4.68 Å². The van der Waals surface area contributed by atoms with Gasteiger partial charge in [0.05, 0.1) is 5.52 Å². The first-order valence-corrected chi connectivity index (χ1v) is 6.48. The quantitative estimate of drug-likeness (QED) is 0.770. The maximum Gasteiger partial charge on any atom is 0.274 e. The van der Waals surface area contributed by atoms with Gasteiger partial charge >= 0.3 is 0 Å². The number of hydrogen-bond acceptors (Lipinski definition) is 2. The molecule has 1 aromatic heterocycles. The van der Waals surface area contributed by atoms with Crippen molar-refractivity contribution in [2.75, 3.05) is 13.1 Å². The SMILES string of the molecule is Cn1nc(C(=O)N2CCCCC2)c2ccccc21. The molecule has 1 aliphatic rings. The van der Waals surface area contributed by atoms with Crippen LogP contribution in [0.3, 0.4) is 0 Å². The topological polar surface area (TPSA) is 38.1 Å². The minimum Gasteiger partial charge on any atom is -0.337 e. The number of carbonyl (C=O) groups is 1. The molecule has 3 rings (SSSR count). The number of para-hydroxylation sites is 1. The fourth-order valence-electron chi connectivity index (χ4n) is 2.62. The summed E-state index contributed by atoms with van der Waals surface area (Å²) in [6, 6.07) is 7.89. The Balaban J connectivity index is 2.00. The van der Waals surface area contributed by atoms with Crippen molar-refractivity contribution in [3.63, 3.8) is 0 Å². The highest BCUT2D eigenvalue weighted by molar-refractivity contribution is 6.04. The maximum atomic E-state index is 12.5. The Morgan fingerprint density at radius 1 is 1.17 bits per heavy atom. The van der Waals surface area contributed by atoms with E-state index in [0.717, 1.165) is 36.8 Å². The maximum absolute atomic E-state index is 12.5. The summed E-state index contributed by atoms with van der Waals surface area (Å²) in [6.07, 6.45) is 3.44. The van der Waals surface area contributed by atoms with Crippen molar-refractivity contribution in [2.45, 2.75) is 19.3 Å². The van der Waals surface area contributed by atoms with Crippen LogP contribution in [0, 0.1) is 0 Å². The number of rotatable bonds is 1. The number of hydrogen-bond donors (Lipinski definition) is 0. The van der Waals surface area contributed by atoms with Crippen molar-refractivity contribution in [3.8, 4) is 0 Å². The van der Waals surface area contributed by atoms with Crippen LogP contribution in [0.25, 0.3) is 10.9 Å². The minimum absolute atomic E-state index is 0.0755. The first kappa shape index (κ1) is 11.3. The van der Waals surface area contributed by atoms with Crippen molar-refractivity contribution in [2.24, 2.45) is 7.05 Å². The first-order chi connectivity index (χ1) is 8.77. The summed E-state index contributed by atoms with van der Waals surface area (Å²) in [5.74, 6) is 0.0755. The van der Waals surface area contributed by atoms with Gasteiger partial charge in [-0.15, -0.1) is 0 Å². The molecule has 18 heavy (non-hydrogen) atoms. The predicted molar refractivity (Wildman–Crippen MR) is 70.5 cm³/mol. The highest BCUT2D eigenvalue weighted by Gasteiger charge is 2.22. The minimum atomic E-state index is 0.0755. The Labute approximate surface area is 106 Å². The number of aryl methyl sites for hydroxylation is 1. The first-order valence-electron chi connectivity index (χ1n) is 6.48. The normalized spacial score (nSPS) is 16.2. The van der Waals surface area contributed by atoms with E-state index < -0.39 is 0 Å². The Kier molecular flexibility index (Phi) is 2.78. The third kappa shape index (κ3) is 1.78. The van der Waals surface area contributed by atoms with Crippen LogP contribution in [0.15, 0.2) is 24.3 Å². The van der Waals surface area contributed by atoms with Gasteiger partial charge in [0.15, 0.2) is 5.69 Å². The molecule has 0 spiro atoms. The van der Waals surface area contributed by atoms with Gasteiger partial charge in [0.2, 0.25) is 0 Å². The van der Waals surface area contributed by atoms with E-state index in [1.807, 2.05) is 36.2 Å². The molecule has 0 radical (unpaired) electrons. The average molecular weight is 243 g/mol. The Bertz CT molecular complexity index is 582. The van der Waals surface area contributed by atoms with Crippen molar-refractivity contribution in [1.82, 2.24) is 14.7 Å². The number of likely N-dealkylation sites (tertiary alicyclic amines) is 1. The van der Waals surface area contributed by atoms with Gasteiger partial charge in [-0.25, -0.2) is 0 Å². The van der Waals surface area contributed by atoms with Gasteiger partial charge in [-0.3, -0.25) is 9.48 Å². The summed E-state index contributed by atoms with van der Waals surface area (Å²) in [5.41, 5.74) is 1.60. The molecule has 1 aromatic carbocycles. The molecule has 4 nitrogen and oxygen atoms in total. The summed E-state index contributed by atoms with van der Waals surface area (Å²) in [7, 11) is 1.88. The Morgan fingerprint density at radius 2 is 1.89 bits per heavy atom. The molecule has 94 valence electrons. The lowest BCUT2D eigenvalue weighted by molar-refractivity contribution is 0.0719. The van der Waals surface area contributed by atoms with Crippen molar-refractivity contribution >= 4 is 16.8 Å². The lowest BCUT2D eigenvalue weighted by atomic mass is 10.1.